The summed E-state index contributed by atoms with van der Waals surface area (Å²) in [4.78, 5) is 36.8. The number of H-pyrrole nitrogens is 4. The Kier molecular flexibility index (Phi) is 18.1. The Balaban J connectivity index is 0.00000800. The van der Waals surface area contributed by atoms with Crippen LogP contribution >= 0.6 is 0 Å². The number of aromatic amines is 4. The van der Waals surface area contributed by atoms with E-state index in [1.807, 2.05) is 24.8 Å². The van der Waals surface area contributed by atoms with Crippen LogP contribution in [0.25, 0.3) is 90.9 Å². The molecular weight excluding hydrogens is 1160 g/mol. The molecule has 0 aliphatic carbocycles. The fourth-order valence-corrected chi connectivity index (χ4v) is 14.3. The number of para-hydroxylation sites is 2. The number of rotatable bonds is 22. The monoisotopic (exact) mass is 1240 g/mol. The first kappa shape index (κ1) is 61.9. The third-order valence-electron chi connectivity index (χ3n) is 18.7. The molecule has 91 heavy (non-hydrogen) atoms. The van der Waals surface area contributed by atoms with Gasteiger partial charge in [0.25, 0.3) is 0 Å². The second-order valence-corrected chi connectivity index (χ2v) is 25.2. The molecule has 10 nitrogen and oxygen atoms in total. The van der Waals surface area contributed by atoms with Gasteiger partial charge in [-0.2, -0.15) is 0 Å². The molecular formula is C80H80N8NiO2. The molecule has 0 fully saturated rings. The minimum atomic E-state index is -0.149. The summed E-state index contributed by atoms with van der Waals surface area (Å²) < 4.78 is 13.8. The first-order chi connectivity index (χ1) is 43.8. The van der Waals surface area contributed by atoms with E-state index in [2.05, 4.69) is 245 Å². The van der Waals surface area contributed by atoms with Crippen LogP contribution < -0.4 is 19.4 Å². The molecule has 0 atom stereocenters. The minimum Gasteiger partial charge on any atom is -0.657 e. The van der Waals surface area contributed by atoms with Crippen LogP contribution in [0.15, 0.2) is 170 Å². The Labute approximate surface area is 545 Å². The number of ether oxygens (including phenoxy) is 2. The Morgan fingerprint density at radius 3 is 1.01 bits per heavy atom. The molecule has 0 amide bonds. The van der Waals surface area contributed by atoms with E-state index in [-0.39, 0.29) is 27.3 Å². The van der Waals surface area contributed by atoms with Crippen molar-refractivity contribution in [2.45, 2.75) is 118 Å². The van der Waals surface area contributed by atoms with Crippen molar-refractivity contribution in [2.24, 2.45) is 0 Å². The van der Waals surface area contributed by atoms with Crippen LogP contribution in [-0.2, 0) is 27.3 Å². The van der Waals surface area contributed by atoms with Gasteiger partial charge in [0.1, 0.15) is 11.5 Å². The first-order valence-corrected chi connectivity index (χ1v) is 32.1. The molecule has 4 aromatic carbocycles. The Morgan fingerprint density at radius 2 is 0.681 bits per heavy atom. The molecule has 0 saturated carbocycles. The maximum atomic E-state index is 6.90. The van der Waals surface area contributed by atoms with Gasteiger partial charge in [0.2, 0.25) is 0 Å². The van der Waals surface area contributed by atoms with Crippen LogP contribution in [0.1, 0.15) is 144 Å². The quantitative estimate of drug-likeness (QED) is 0.0394. The number of aromatic nitrogens is 8. The van der Waals surface area contributed by atoms with Gasteiger partial charge in [-0.1, -0.05) is 122 Å². The number of benzene rings is 4. The Bertz CT molecular complexity index is 4190. The van der Waals surface area contributed by atoms with Crippen molar-refractivity contribution in [1.29, 1.82) is 0 Å². The number of hydrogen-bond donors (Lipinski definition) is 4. The molecule has 9 heterocycles. The first-order valence-electron chi connectivity index (χ1n) is 32.1. The van der Waals surface area contributed by atoms with Gasteiger partial charge >= 0.3 is 16.5 Å². The second-order valence-electron chi connectivity index (χ2n) is 25.2. The van der Waals surface area contributed by atoms with Crippen molar-refractivity contribution < 1.29 is 26.0 Å². The molecule has 0 saturated heterocycles. The van der Waals surface area contributed by atoms with Crippen LogP contribution in [0.5, 0.6) is 11.5 Å². The van der Waals surface area contributed by atoms with Gasteiger partial charge in [-0.25, -0.2) is 9.97 Å². The summed E-state index contributed by atoms with van der Waals surface area (Å²) in [5, 5.41) is 0. The van der Waals surface area contributed by atoms with Crippen molar-refractivity contribution in [1.82, 2.24) is 39.9 Å². The maximum Gasteiger partial charge on any atom is 2.00 e. The van der Waals surface area contributed by atoms with Gasteiger partial charge < -0.3 is 39.4 Å². The van der Waals surface area contributed by atoms with Gasteiger partial charge in [0, 0.05) is 69.5 Å². The molecule has 2 aliphatic heterocycles. The minimum absolute atomic E-state index is 0. The second kappa shape index (κ2) is 26.6. The van der Waals surface area contributed by atoms with Gasteiger partial charge in [-0.3, -0.25) is 0 Å². The summed E-state index contributed by atoms with van der Waals surface area (Å²) >= 11 is 0. The van der Waals surface area contributed by atoms with Gasteiger partial charge in [-0.05, 0) is 222 Å². The van der Waals surface area contributed by atoms with Crippen LogP contribution in [-0.4, -0.2) is 43.1 Å². The average molecular weight is 1240 g/mol. The molecule has 11 aromatic rings. The number of nitrogens with one attached hydrogen (secondary N) is 4. The average Bonchev–Trinajstić information content (AvgIpc) is 1.77. The van der Waals surface area contributed by atoms with Crippen molar-refractivity contribution in [2.75, 3.05) is 13.2 Å². The van der Waals surface area contributed by atoms with Crippen molar-refractivity contribution in [3.63, 3.8) is 0 Å². The number of fused-ring (bicyclic) bond motifs is 8. The fourth-order valence-electron chi connectivity index (χ4n) is 14.3. The number of aryl methyl sites for hydroxylation is 6. The van der Waals surface area contributed by atoms with E-state index < -0.39 is 0 Å². The van der Waals surface area contributed by atoms with Crippen LogP contribution in [0, 0.1) is 41.5 Å². The largest absolute Gasteiger partial charge is 2.00 e. The van der Waals surface area contributed by atoms with E-state index in [1.54, 1.807) is 0 Å². The SMILES string of the molecule is Cc1cc(C)c(-c2c3nc(c(-c4ccccc4OCCCCCC(C)(c4ccc[nH]4)c4ccc[nH]4)c4ccc([n-]4)c(-c4c(C)cc(C)cc4C)c4nc(c(-c5ccccc5OCCCCCC(C)(c5ccc[nH]5)c5ccc[nH]5)c5ccc2[n-]5)C=C4)C=C3)c(C)c1.[Ni+2]. The van der Waals surface area contributed by atoms with Gasteiger partial charge in [0.15, 0.2) is 0 Å². The number of nitrogens with zero attached hydrogens (tertiary/aromatic N) is 4. The van der Waals surface area contributed by atoms with E-state index in [4.69, 9.17) is 29.4 Å². The summed E-state index contributed by atoms with van der Waals surface area (Å²) in [5.74, 6) is 1.58. The predicted molar refractivity (Wildman–Crippen MR) is 371 cm³/mol. The van der Waals surface area contributed by atoms with Crippen molar-refractivity contribution in [3.8, 4) is 56.0 Å². The normalized spacial score (nSPS) is 12.2. The molecule has 8 bridgehead atoms. The summed E-state index contributed by atoms with van der Waals surface area (Å²) in [5.41, 5.74) is 25.9. The van der Waals surface area contributed by atoms with E-state index >= 15 is 0 Å². The van der Waals surface area contributed by atoms with E-state index in [9.17, 15) is 0 Å². The van der Waals surface area contributed by atoms with Crippen LogP contribution in [0.2, 0.25) is 0 Å². The van der Waals surface area contributed by atoms with E-state index in [0.717, 1.165) is 174 Å². The van der Waals surface area contributed by atoms with Crippen molar-refractivity contribution in [3.05, 3.63) is 249 Å². The van der Waals surface area contributed by atoms with Gasteiger partial charge in [0.05, 0.1) is 36.0 Å². The third kappa shape index (κ3) is 12.4. The molecule has 462 valence electrons. The Morgan fingerprint density at radius 1 is 0.363 bits per heavy atom. The van der Waals surface area contributed by atoms with E-state index in [0.29, 0.717) is 13.2 Å². The summed E-state index contributed by atoms with van der Waals surface area (Å²) in [7, 11) is 0. The fraction of sp³-hybridized carbons (Fsp3) is 0.250. The molecule has 4 N–H and O–H groups in total. The molecule has 0 unspecified atom stereocenters. The Hall–Kier alpha value is -9.31. The molecule has 11 heteroatoms. The van der Waals surface area contributed by atoms with Crippen molar-refractivity contribution >= 4 is 46.4 Å². The zero-order valence-electron chi connectivity index (χ0n) is 53.5. The zero-order chi connectivity index (χ0) is 61.9. The summed E-state index contributed by atoms with van der Waals surface area (Å²) in [6.45, 7) is 18.9. The zero-order valence-corrected chi connectivity index (χ0v) is 54.5. The predicted octanol–water partition coefficient (Wildman–Crippen LogP) is 19.6. The molecule has 13 rings (SSSR count). The van der Waals surface area contributed by atoms with E-state index in [1.165, 1.54) is 33.9 Å². The molecule has 2 aliphatic rings. The maximum absolute atomic E-state index is 6.90. The van der Waals surface area contributed by atoms with Gasteiger partial charge in [-0.15, -0.1) is 22.1 Å². The van der Waals surface area contributed by atoms with Crippen LogP contribution in [0.4, 0.5) is 0 Å². The number of hydrogen-bond acceptors (Lipinski definition) is 4. The summed E-state index contributed by atoms with van der Waals surface area (Å²) in [6.07, 6.45) is 24.6. The standard InChI is InChI=1S/C80H80N8O2.Ni/c1-51-47-53(3)73(54(4)48-51)77-63-35-31-59(85-63)75(57-23-11-13-25-67(57)89-45-17-9-15-39-79(7,69-27-19-41-81-69)70-28-20-42-82-70)61-33-37-65(87-61)78(74-55(5)49-52(2)50-56(74)6)66-38-34-62(88-66)76(60-32-36-64(77)86-60)58-24-12-14-26-68(58)90-46-18-10-16-40-80(8,71-29-21-43-83-71)72-30-22-44-84-72;/h11-14,19-38,41-44,47-50,81-84H,9-10,15-18,39-40,45-46H2,1-8H3;/q-2;+2. The number of unbranched alkanes of at least 4 members (excludes halogenated alkanes) is 4. The molecule has 7 aromatic heterocycles. The smallest absolute Gasteiger partial charge is 0.657 e. The third-order valence-corrected chi connectivity index (χ3v) is 18.7. The molecule has 0 radical (unpaired) electrons. The molecule has 0 spiro atoms. The topological polar surface area (TPSA) is 136 Å². The summed E-state index contributed by atoms with van der Waals surface area (Å²) in [6, 6.07) is 51.6. The van der Waals surface area contributed by atoms with Crippen LogP contribution in [0.3, 0.4) is 0 Å².